The van der Waals surface area contributed by atoms with E-state index < -0.39 is 15.6 Å². The molecule has 0 atom stereocenters. The molecule has 10 nitrogen and oxygen atoms in total. The van der Waals surface area contributed by atoms with Crippen LogP contribution in [0, 0.1) is 17.1 Å². The van der Waals surface area contributed by atoms with E-state index in [0.29, 0.717) is 54.9 Å². The second-order valence-electron chi connectivity index (χ2n) is 10.2. The van der Waals surface area contributed by atoms with Gasteiger partial charge in [-0.1, -0.05) is 12.1 Å². The number of likely N-dealkylation sites (tertiary alicyclic amines) is 1. The molecule has 0 spiro atoms. The summed E-state index contributed by atoms with van der Waals surface area (Å²) in [6.07, 6.45) is 3.01. The molecule has 1 saturated heterocycles. The van der Waals surface area contributed by atoms with Gasteiger partial charge in [0.1, 0.15) is 11.2 Å². The fourth-order valence-electron chi connectivity index (χ4n) is 5.22. The third-order valence-electron chi connectivity index (χ3n) is 7.44. The Morgan fingerprint density at radius 3 is 2.52 bits per heavy atom. The third kappa shape index (κ3) is 5.23. The van der Waals surface area contributed by atoms with Gasteiger partial charge in [-0.3, -0.25) is 14.4 Å². The minimum absolute atomic E-state index is 0.147. The molecule has 0 amide bonds. The zero-order chi connectivity index (χ0) is 28.5. The van der Waals surface area contributed by atoms with Crippen LogP contribution in [0.4, 0.5) is 15.9 Å². The van der Waals surface area contributed by atoms with E-state index in [2.05, 4.69) is 21.3 Å². The number of nitrogens with one attached hydrogen (secondary N) is 2. The highest BCUT2D eigenvalue weighted by molar-refractivity contribution is 7.89. The monoisotopic (exact) mass is 563 g/mol. The van der Waals surface area contributed by atoms with Crippen molar-refractivity contribution in [2.24, 2.45) is 0 Å². The largest absolute Gasteiger partial charge is 0.338 e. The Hall–Kier alpha value is -4.05. The van der Waals surface area contributed by atoms with Crippen molar-refractivity contribution in [2.75, 3.05) is 32.5 Å². The number of piperidine rings is 1. The fourth-order valence-corrected chi connectivity index (χ4v) is 6.12. The van der Waals surface area contributed by atoms with E-state index in [1.807, 2.05) is 6.07 Å². The molecule has 2 aromatic heterocycles. The summed E-state index contributed by atoms with van der Waals surface area (Å²) >= 11 is 0. The number of anilines is 2. The predicted molar refractivity (Wildman–Crippen MR) is 150 cm³/mol. The number of hydrogen-bond donors (Lipinski definition) is 2. The van der Waals surface area contributed by atoms with Gasteiger partial charge in [-0.15, -0.1) is 0 Å². The zero-order valence-corrected chi connectivity index (χ0v) is 23.1. The SMILES string of the molecule is CN(C)S(=O)(=O)c1ccc(Nc2nn(C3(CC#N)CCN(Cc4cccc(F)c4)CC3)c3cc[nH]c(=O)c23)cc1. The Bertz CT molecular complexity index is 1730. The van der Waals surface area contributed by atoms with Crippen LogP contribution in [-0.4, -0.2) is 59.6 Å². The van der Waals surface area contributed by atoms with Crippen molar-refractivity contribution in [1.82, 2.24) is 24.0 Å². The number of hydrogen-bond acceptors (Lipinski definition) is 7. The Labute approximate surface area is 231 Å². The van der Waals surface area contributed by atoms with E-state index in [4.69, 9.17) is 5.10 Å². The lowest BCUT2D eigenvalue weighted by atomic mass is 9.84. The lowest BCUT2D eigenvalue weighted by molar-refractivity contribution is 0.101. The summed E-state index contributed by atoms with van der Waals surface area (Å²) in [4.78, 5) is 18.0. The van der Waals surface area contributed by atoms with Crippen molar-refractivity contribution in [1.29, 1.82) is 5.26 Å². The first-order chi connectivity index (χ1) is 19.1. The van der Waals surface area contributed by atoms with Crippen molar-refractivity contribution >= 4 is 32.4 Å². The number of aromatic nitrogens is 3. The summed E-state index contributed by atoms with van der Waals surface area (Å²) in [6.45, 7) is 1.95. The van der Waals surface area contributed by atoms with E-state index in [1.165, 1.54) is 38.4 Å². The van der Waals surface area contributed by atoms with Crippen LogP contribution in [0.5, 0.6) is 0 Å². The molecule has 2 N–H and O–H groups in total. The van der Waals surface area contributed by atoms with Gasteiger partial charge in [0.15, 0.2) is 5.82 Å². The van der Waals surface area contributed by atoms with Gasteiger partial charge in [-0.05, 0) is 60.9 Å². The quantitative estimate of drug-likeness (QED) is 0.334. The van der Waals surface area contributed by atoms with Crippen molar-refractivity contribution in [3.63, 3.8) is 0 Å². The number of fused-ring (bicyclic) bond motifs is 1. The van der Waals surface area contributed by atoms with Crippen molar-refractivity contribution < 1.29 is 12.8 Å². The number of H-pyrrole nitrogens is 1. The maximum Gasteiger partial charge on any atom is 0.261 e. The highest BCUT2D eigenvalue weighted by atomic mass is 32.2. The topological polar surface area (TPSA) is 127 Å². The average Bonchev–Trinajstić information content (AvgIpc) is 3.30. The second kappa shape index (κ2) is 10.8. The molecule has 12 heteroatoms. The van der Waals surface area contributed by atoms with E-state index in [0.717, 1.165) is 9.87 Å². The molecule has 0 aliphatic carbocycles. The van der Waals surface area contributed by atoms with Gasteiger partial charge in [-0.25, -0.2) is 17.1 Å². The molecule has 1 aliphatic rings. The number of halogens is 1. The summed E-state index contributed by atoms with van der Waals surface area (Å²) in [5, 5.41) is 18.1. The lowest BCUT2D eigenvalue weighted by Crippen LogP contribution is -2.46. The lowest BCUT2D eigenvalue weighted by Gasteiger charge is -2.41. The van der Waals surface area contributed by atoms with E-state index in [1.54, 1.807) is 35.1 Å². The van der Waals surface area contributed by atoms with Crippen LogP contribution in [0.1, 0.15) is 24.8 Å². The van der Waals surface area contributed by atoms with Gasteiger partial charge in [0.25, 0.3) is 5.56 Å². The molecule has 0 unspecified atom stereocenters. The van der Waals surface area contributed by atoms with Crippen molar-refractivity contribution in [2.45, 2.75) is 36.2 Å². The van der Waals surface area contributed by atoms with Gasteiger partial charge in [0.2, 0.25) is 10.0 Å². The van der Waals surface area contributed by atoms with Crippen molar-refractivity contribution in [3.8, 4) is 6.07 Å². The van der Waals surface area contributed by atoms with Gasteiger partial charge in [0, 0.05) is 45.6 Å². The van der Waals surface area contributed by atoms with Crippen LogP contribution in [0.25, 0.3) is 10.9 Å². The molecule has 5 rings (SSSR count). The number of benzene rings is 2. The maximum atomic E-state index is 13.7. The zero-order valence-electron chi connectivity index (χ0n) is 22.3. The number of nitrogens with zero attached hydrogens (tertiary/aromatic N) is 5. The number of aromatic amines is 1. The average molecular weight is 564 g/mol. The van der Waals surface area contributed by atoms with Gasteiger partial charge in [0.05, 0.1) is 28.4 Å². The molecule has 0 saturated carbocycles. The molecule has 1 aliphatic heterocycles. The van der Waals surface area contributed by atoms with Crippen molar-refractivity contribution in [3.05, 3.63) is 82.5 Å². The molecule has 0 bridgehead atoms. The fraction of sp³-hybridized carbons (Fsp3) is 0.321. The number of nitriles is 1. The minimum Gasteiger partial charge on any atom is -0.338 e. The Kier molecular flexibility index (Phi) is 7.46. The summed E-state index contributed by atoms with van der Waals surface area (Å²) in [6, 6.07) is 16.9. The summed E-state index contributed by atoms with van der Waals surface area (Å²) in [5.41, 5.74) is 1.09. The highest BCUT2D eigenvalue weighted by Gasteiger charge is 2.39. The third-order valence-corrected chi connectivity index (χ3v) is 9.27. The standard InChI is InChI=1S/C28H30FN7O3S/c1-34(2)40(38,39)23-8-6-22(7-9-23)32-26-25-24(10-15-31-27(25)37)36(33-26)28(11-14-30)12-16-35(17-13-28)19-20-4-3-5-21(29)18-20/h3-10,15,18H,11-13,16-17,19H2,1-2H3,(H,31,37)(H,32,33). The van der Waals surface area contributed by atoms with E-state index in [-0.39, 0.29) is 22.7 Å². The molecule has 0 radical (unpaired) electrons. The molecule has 40 heavy (non-hydrogen) atoms. The van der Waals surface area contributed by atoms with E-state index >= 15 is 0 Å². The summed E-state index contributed by atoms with van der Waals surface area (Å²) < 4.78 is 41.5. The van der Waals surface area contributed by atoms with Crippen LogP contribution < -0.4 is 10.9 Å². The van der Waals surface area contributed by atoms with E-state index in [9.17, 15) is 22.9 Å². The Balaban J connectivity index is 1.46. The Morgan fingerprint density at radius 1 is 1.15 bits per heavy atom. The van der Waals surface area contributed by atoms with Crippen LogP contribution in [0.2, 0.25) is 0 Å². The Morgan fingerprint density at radius 2 is 1.88 bits per heavy atom. The van der Waals surface area contributed by atoms with Gasteiger partial charge < -0.3 is 10.3 Å². The first-order valence-electron chi connectivity index (χ1n) is 12.9. The second-order valence-corrected chi connectivity index (χ2v) is 12.4. The van der Waals surface area contributed by atoms with Crippen LogP contribution in [0.3, 0.4) is 0 Å². The van der Waals surface area contributed by atoms with Crippen LogP contribution >= 0.6 is 0 Å². The smallest absolute Gasteiger partial charge is 0.261 e. The molecular formula is C28H30FN7O3S. The predicted octanol–water partition coefficient (Wildman–Crippen LogP) is 3.76. The number of sulfonamides is 1. The molecule has 4 aromatic rings. The maximum absolute atomic E-state index is 13.7. The first kappa shape index (κ1) is 27.5. The summed E-state index contributed by atoms with van der Waals surface area (Å²) in [7, 11) is -0.646. The van der Waals surface area contributed by atoms with Crippen LogP contribution in [0.15, 0.2) is 70.5 Å². The van der Waals surface area contributed by atoms with Gasteiger partial charge in [-0.2, -0.15) is 10.4 Å². The highest BCUT2D eigenvalue weighted by Crippen LogP contribution is 2.38. The molecule has 2 aromatic carbocycles. The molecular weight excluding hydrogens is 533 g/mol. The minimum atomic E-state index is -3.58. The van der Waals surface area contributed by atoms with Crippen LogP contribution in [-0.2, 0) is 22.1 Å². The number of rotatable bonds is 8. The number of pyridine rings is 1. The molecule has 208 valence electrons. The van der Waals surface area contributed by atoms with Gasteiger partial charge >= 0.3 is 0 Å². The molecule has 3 heterocycles. The molecule has 1 fully saturated rings. The first-order valence-corrected chi connectivity index (χ1v) is 14.3. The normalized spacial score (nSPS) is 15.8. The summed E-state index contributed by atoms with van der Waals surface area (Å²) in [5.74, 6) is 0.0511.